The third-order valence-electron chi connectivity index (χ3n) is 2.04. The van der Waals surface area contributed by atoms with Crippen LogP contribution in [0.4, 0.5) is 0 Å². The molecule has 76 valence electrons. The molecule has 1 aromatic heterocycles. The molecule has 1 aromatic rings. The summed E-state index contributed by atoms with van der Waals surface area (Å²) in [5.41, 5.74) is 11.4. The molecule has 1 amide bonds. The maximum absolute atomic E-state index is 10.9. The number of nitrogens with two attached hydrogens (primary N) is 2. The zero-order valence-corrected chi connectivity index (χ0v) is 8.75. The van der Waals surface area contributed by atoms with Crippen molar-refractivity contribution in [3.63, 3.8) is 0 Å². The second-order valence-electron chi connectivity index (χ2n) is 3.21. The largest absolute Gasteiger partial charge is 0.388 e. The second kappa shape index (κ2) is 4.23. The molecule has 1 heterocycles. The highest BCUT2D eigenvalue weighted by Gasteiger charge is 2.11. The van der Waals surface area contributed by atoms with Crippen LogP contribution >= 0.6 is 12.2 Å². The first-order valence-corrected chi connectivity index (χ1v) is 4.67. The van der Waals surface area contributed by atoms with E-state index in [0.717, 1.165) is 5.69 Å². The van der Waals surface area contributed by atoms with Crippen LogP contribution in [0.2, 0.25) is 0 Å². The minimum Gasteiger partial charge on any atom is -0.388 e. The van der Waals surface area contributed by atoms with Crippen molar-refractivity contribution < 1.29 is 4.79 Å². The maximum Gasteiger partial charge on any atom is 0.222 e. The number of hydrogen-bond donors (Lipinski definition) is 2. The van der Waals surface area contributed by atoms with E-state index in [4.69, 9.17) is 23.7 Å². The van der Waals surface area contributed by atoms with Gasteiger partial charge in [0.25, 0.3) is 0 Å². The number of nitrogens with zero attached hydrogens (tertiary/aromatic N) is 1. The molecule has 1 rings (SSSR count). The Hall–Kier alpha value is -1.36. The van der Waals surface area contributed by atoms with E-state index in [9.17, 15) is 4.79 Å². The summed E-state index contributed by atoms with van der Waals surface area (Å²) in [5, 5.41) is 0. The van der Waals surface area contributed by atoms with Crippen molar-refractivity contribution in [2.75, 3.05) is 0 Å². The van der Waals surface area contributed by atoms with Crippen LogP contribution in [0.15, 0.2) is 18.3 Å². The molecule has 0 spiro atoms. The summed E-state index contributed by atoms with van der Waals surface area (Å²) < 4.78 is 1.83. The van der Waals surface area contributed by atoms with Crippen LogP contribution in [0.5, 0.6) is 0 Å². The Balaban J connectivity index is 2.81. The lowest BCUT2D eigenvalue weighted by Crippen LogP contribution is -2.26. The molecular weight excluding hydrogens is 198 g/mol. The molecule has 0 fully saturated rings. The van der Waals surface area contributed by atoms with E-state index in [-0.39, 0.29) is 11.8 Å². The van der Waals surface area contributed by atoms with E-state index in [1.165, 1.54) is 0 Å². The molecule has 0 aromatic carbocycles. The molecule has 4 N–H and O–H groups in total. The van der Waals surface area contributed by atoms with E-state index in [1.807, 2.05) is 22.9 Å². The van der Waals surface area contributed by atoms with Crippen molar-refractivity contribution in [2.24, 2.45) is 17.4 Å². The molecule has 0 bridgehead atoms. The van der Waals surface area contributed by atoms with Gasteiger partial charge in [-0.1, -0.05) is 19.1 Å². The van der Waals surface area contributed by atoms with Crippen LogP contribution in [-0.2, 0) is 11.3 Å². The van der Waals surface area contributed by atoms with Crippen LogP contribution < -0.4 is 11.5 Å². The number of primary amides is 1. The summed E-state index contributed by atoms with van der Waals surface area (Å²) in [6.07, 6.45) is 1.83. The Morgan fingerprint density at radius 3 is 2.79 bits per heavy atom. The number of carbonyl (C=O) groups is 1. The van der Waals surface area contributed by atoms with Crippen molar-refractivity contribution in [3.8, 4) is 0 Å². The minimum atomic E-state index is -0.326. The van der Waals surface area contributed by atoms with E-state index >= 15 is 0 Å². The van der Waals surface area contributed by atoms with Crippen LogP contribution in [0.1, 0.15) is 12.6 Å². The van der Waals surface area contributed by atoms with E-state index in [2.05, 4.69) is 0 Å². The van der Waals surface area contributed by atoms with Gasteiger partial charge >= 0.3 is 0 Å². The number of carbonyl (C=O) groups excluding carboxylic acids is 1. The van der Waals surface area contributed by atoms with E-state index in [0.29, 0.717) is 11.5 Å². The van der Waals surface area contributed by atoms with Crippen LogP contribution in [0.25, 0.3) is 0 Å². The molecule has 1 atom stereocenters. The number of rotatable bonds is 4. The van der Waals surface area contributed by atoms with Crippen molar-refractivity contribution in [1.82, 2.24) is 4.57 Å². The van der Waals surface area contributed by atoms with Gasteiger partial charge in [0.1, 0.15) is 4.99 Å². The smallest absolute Gasteiger partial charge is 0.222 e. The maximum atomic E-state index is 10.9. The Morgan fingerprint density at radius 1 is 1.64 bits per heavy atom. The summed E-state index contributed by atoms with van der Waals surface area (Å²) in [7, 11) is 0. The zero-order chi connectivity index (χ0) is 10.7. The van der Waals surface area contributed by atoms with E-state index < -0.39 is 0 Å². The highest BCUT2D eigenvalue weighted by molar-refractivity contribution is 7.80. The predicted molar refractivity (Wildman–Crippen MR) is 58.7 cm³/mol. The van der Waals surface area contributed by atoms with Crippen molar-refractivity contribution >= 4 is 23.1 Å². The third kappa shape index (κ3) is 2.32. The van der Waals surface area contributed by atoms with Crippen LogP contribution in [0, 0.1) is 5.92 Å². The van der Waals surface area contributed by atoms with Gasteiger partial charge in [-0.05, 0) is 12.1 Å². The minimum absolute atomic E-state index is 0.226. The average Bonchev–Trinajstić information content (AvgIpc) is 2.52. The van der Waals surface area contributed by atoms with Gasteiger partial charge in [0.2, 0.25) is 5.91 Å². The Morgan fingerprint density at radius 2 is 2.29 bits per heavy atom. The van der Waals surface area contributed by atoms with Gasteiger partial charge in [-0.25, -0.2) is 0 Å². The Bertz CT molecular complexity index is 359. The summed E-state index contributed by atoms with van der Waals surface area (Å²) in [6, 6.07) is 3.65. The molecule has 4 nitrogen and oxygen atoms in total. The van der Waals surface area contributed by atoms with E-state index in [1.54, 1.807) is 6.92 Å². The summed E-state index contributed by atoms with van der Waals surface area (Å²) in [6.45, 7) is 2.28. The number of aromatic nitrogens is 1. The van der Waals surface area contributed by atoms with Gasteiger partial charge < -0.3 is 16.0 Å². The molecule has 14 heavy (non-hydrogen) atoms. The fourth-order valence-electron chi connectivity index (χ4n) is 1.18. The van der Waals surface area contributed by atoms with Crippen molar-refractivity contribution in [2.45, 2.75) is 13.5 Å². The molecule has 1 unspecified atom stereocenters. The second-order valence-corrected chi connectivity index (χ2v) is 3.65. The fraction of sp³-hybridized carbons (Fsp3) is 0.333. The normalized spacial score (nSPS) is 12.4. The molecular formula is C9H13N3OS. The third-order valence-corrected chi connectivity index (χ3v) is 2.25. The lowest BCUT2D eigenvalue weighted by atomic mass is 10.1. The first-order valence-electron chi connectivity index (χ1n) is 4.26. The first kappa shape index (κ1) is 10.7. The quantitative estimate of drug-likeness (QED) is 0.701. The topological polar surface area (TPSA) is 74.0 Å². The van der Waals surface area contributed by atoms with Crippen LogP contribution in [-0.4, -0.2) is 15.5 Å². The zero-order valence-electron chi connectivity index (χ0n) is 7.93. The highest BCUT2D eigenvalue weighted by atomic mass is 32.1. The van der Waals surface area contributed by atoms with Gasteiger partial charge in [-0.15, -0.1) is 0 Å². The molecule has 0 saturated carbocycles. The molecule has 5 heteroatoms. The molecule has 0 aliphatic heterocycles. The average molecular weight is 211 g/mol. The van der Waals surface area contributed by atoms with Crippen LogP contribution in [0.3, 0.4) is 0 Å². The summed E-state index contributed by atoms with van der Waals surface area (Å²) in [5.74, 6) is -0.553. The molecule has 0 aliphatic carbocycles. The lowest BCUT2D eigenvalue weighted by Gasteiger charge is -2.11. The standard InChI is InChI=1S/C9H13N3OS/c1-6(8(10)13)5-12-4-2-3-7(12)9(11)14/h2-4,6H,5H2,1H3,(H2,10,13)(H2,11,14). The SMILES string of the molecule is CC(Cn1cccc1C(N)=S)C(N)=O. The van der Waals surface area contributed by atoms with Gasteiger partial charge in [0.15, 0.2) is 0 Å². The van der Waals surface area contributed by atoms with Gasteiger partial charge in [0, 0.05) is 12.7 Å². The van der Waals surface area contributed by atoms with Gasteiger partial charge in [-0.3, -0.25) is 4.79 Å². The monoisotopic (exact) mass is 211 g/mol. The first-order chi connectivity index (χ1) is 6.52. The van der Waals surface area contributed by atoms with Gasteiger partial charge in [0.05, 0.1) is 11.6 Å². The lowest BCUT2D eigenvalue weighted by molar-refractivity contribution is -0.121. The Kier molecular flexibility index (Phi) is 3.24. The highest BCUT2D eigenvalue weighted by Crippen LogP contribution is 2.06. The molecule has 0 aliphatic rings. The number of thiocarbonyl (C=S) groups is 1. The summed E-state index contributed by atoms with van der Waals surface area (Å²) >= 11 is 4.86. The fourth-order valence-corrected chi connectivity index (χ4v) is 1.37. The predicted octanol–water partition coefficient (Wildman–Crippen LogP) is 0.244. The molecule has 0 saturated heterocycles. The number of hydrogen-bond acceptors (Lipinski definition) is 2. The number of amides is 1. The van der Waals surface area contributed by atoms with Crippen molar-refractivity contribution in [1.29, 1.82) is 0 Å². The Labute approximate surface area is 87.9 Å². The molecule has 0 radical (unpaired) electrons. The summed E-state index contributed by atoms with van der Waals surface area (Å²) in [4.78, 5) is 11.2. The van der Waals surface area contributed by atoms with Gasteiger partial charge in [-0.2, -0.15) is 0 Å². The van der Waals surface area contributed by atoms with Crippen molar-refractivity contribution in [3.05, 3.63) is 24.0 Å².